The van der Waals surface area contributed by atoms with Crippen LogP contribution in [0.4, 0.5) is 5.69 Å². The third-order valence-corrected chi connectivity index (χ3v) is 3.45. The van der Waals surface area contributed by atoms with Crippen LogP contribution in [0.2, 0.25) is 0 Å². The fraction of sp³-hybridized carbons (Fsp3) is 0.647. The lowest BCUT2D eigenvalue weighted by atomic mass is 10.0. The van der Waals surface area contributed by atoms with Crippen LogP contribution in [0.15, 0.2) is 18.2 Å². The number of benzene rings is 1. The summed E-state index contributed by atoms with van der Waals surface area (Å²) < 4.78 is 5.58. The van der Waals surface area contributed by atoms with Gasteiger partial charge in [0.25, 0.3) is 0 Å². The Labute approximate surface area is 124 Å². The number of anilines is 1. The summed E-state index contributed by atoms with van der Waals surface area (Å²) in [6, 6.07) is 6.59. The number of rotatable bonds is 8. The molecule has 0 aliphatic rings. The molecule has 0 saturated heterocycles. The Hall–Kier alpha value is -1.22. The van der Waals surface area contributed by atoms with Crippen LogP contribution >= 0.6 is 0 Å². The number of nitrogens with one attached hydrogen (secondary N) is 1. The van der Waals surface area contributed by atoms with E-state index in [4.69, 9.17) is 4.74 Å². The molecular formula is C17H30N2O. The summed E-state index contributed by atoms with van der Waals surface area (Å²) in [4.78, 5) is 2.33. The molecular weight excluding hydrogens is 248 g/mol. The lowest BCUT2D eigenvalue weighted by molar-refractivity contribution is 0.401. The highest BCUT2D eigenvalue weighted by Gasteiger charge is 2.18. The Morgan fingerprint density at radius 3 is 2.50 bits per heavy atom. The van der Waals surface area contributed by atoms with Crippen molar-refractivity contribution in [3.63, 3.8) is 0 Å². The molecule has 0 aliphatic carbocycles. The summed E-state index contributed by atoms with van der Waals surface area (Å²) in [6.07, 6.45) is 1.14. The average Bonchev–Trinajstić information content (AvgIpc) is 2.42. The zero-order valence-electron chi connectivity index (χ0n) is 13.9. The van der Waals surface area contributed by atoms with Gasteiger partial charge in [-0.1, -0.05) is 26.8 Å². The van der Waals surface area contributed by atoms with E-state index in [1.165, 1.54) is 11.3 Å². The van der Waals surface area contributed by atoms with Crippen LogP contribution in [0.5, 0.6) is 5.75 Å². The molecule has 1 N–H and O–H groups in total. The minimum absolute atomic E-state index is 0.288. The molecule has 0 aromatic heterocycles. The van der Waals surface area contributed by atoms with E-state index in [0.29, 0.717) is 5.92 Å². The van der Waals surface area contributed by atoms with Gasteiger partial charge >= 0.3 is 0 Å². The molecule has 0 heterocycles. The predicted octanol–water partition coefficient (Wildman–Crippen LogP) is 3.85. The van der Waals surface area contributed by atoms with Crippen LogP contribution in [-0.2, 0) is 0 Å². The van der Waals surface area contributed by atoms with Crippen LogP contribution in [-0.4, -0.2) is 27.2 Å². The third kappa shape index (κ3) is 4.41. The Morgan fingerprint density at radius 2 is 1.95 bits per heavy atom. The van der Waals surface area contributed by atoms with Crippen LogP contribution in [0.1, 0.15) is 45.7 Å². The topological polar surface area (TPSA) is 24.5 Å². The quantitative estimate of drug-likeness (QED) is 0.781. The molecule has 0 spiro atoms. The van der Waals surface area contributed by atoms with Crippen LogP contribution in [0.25, 0.3) is 0 Å². The fourth-order valence-corrected chi connectivity index (χ4v) is 2.59. The highest BCUT2D eigenvalue weighted by molar-refractivity contribution is 5.60. The second-order valence-corrected chi connectivity index (χ2v) is 5.84. The van der Waals surface area contributed by atoms with Gasteiger partial charge in [-0.3, -0.25) is 0 Å². The molecule has 1 aromatic rings. The zero-order valence-corrected chi connectivity index (χ0v) is 13.9. The number of hydrogen-bond donors (Lipinski definition) is 1. The normalized spacial score (nSPS) is 12.6. The molecule has 0 fully saturated rings. The van der Waals surface area contributed by atoms with E-state index in [9.17, 15) is 0 Å². The molecule has 3 heteroatoms. The van der Waals surface area contributed by atoms with Gasteiger partial charge in [0, 0.05) is 30.9 Å². The summed E-state index contributed by atoms with van der Waals surface area (Å²) in [7, 11) is 3.91. The van der Waals surface area contributed by atoms with E-state index < -0.39 is 0 Å². The first-order chi connectivity index (χ1) is 9.51. The van der Waals surface area contributed by atoms with Crippen molar-refractivity contribution in [3.8, 4) is 5.75 Å². The molecule has 3 nitrogen and oxygen atoms in total. The molecule has 1 atom stereocenters. The molecule has 0 bridgehead atoms. The molecule has 0 amide bonds. The van der Waals surface area contributed by atoms with Crippen molar-refractivity contribution in [3.05, 3.63) is 23.8 Å². The Bertz CT molecular complexity index is 404. The Balaban J connectivity index is 3.09. The molecule has 1 rings (SSSR count). The second-order valence-electron chi connectivity index (χ2n) is 5.84. The largest absolute Gasteiger partial charge is 0.496 e. The van der Waals surface area contributed by atoms with Crippen molar-refractivity contribution in [2.24, 2.45) is 5.92 Å². The van der Waals surface area contributed by atoms with Gasteiger partial charge in [0.2, 0.25) is 0 Å². The average molecular weight is 278 g/mol. The van der Waals surface area contributed by atoms with Gasteiger partial charge < -0.3 is 15.0 Å². The number of ether oxygens (including phenoxy) is 1. The summed E-state index contributed by atoms with van der Waals surface area (Å²) in [5, 5.41) is 3.57. The maximum absolute atomic E-state index is 5.58. The lowest BCUT2D eigenvalue weighted by Gasteiger charge is -2.28. The minimum Gasteiger partial charge on any atom is -0.496 e. The van der Waals surface area contributed by atoms with Crippen molar-refractivity contribution in [2.45, 2.75) is 40.2 Å². The van der Waals surface area contributed by atoms with Crippen LogP contribution in [0.3, 0.4) is 0 Å². The highest BCUT2D eigenvalue weighted by atomic mass is 16.5. The number of nitrogens with zero attached hydrogens (tertiary/aromatic N) is 1. The van der Waals surface area contributed by atoms with Gasteiger partial charge in [0.15, 0.2) is 0 Å². The first-order valence-electron chi connectivity index (χ1n) is 7.62. The summed E-state index contributed by atoms with van der Waals surface area (Å²) >= 11 is 0. The minimum atomic E-state index is 0.288. The summed E-state index contributed by atoms with van der Waals surface area (Å²) in [5.41, 5.74) is 2.51. The highest BCUT2D eigenvalue weighted by Crippen LogP contribution is 2.34. The van der Waals surface area contributed by atoms with Gasteiger partial charge in [-0.05, 0) is 37.9 Å². The SMILES string of the molecule is CCCNC(C)c1c(OC)cccc1N(C)CC(C)C. The van der Waals surface area contributed by atoms with Crippen molar-refractivity contribution in [2.75, 3.05) is 32.1 Å². The zero-order chi connectivity index (χ0) is 15.1. The first kappa shape index (κ1) is 16.8. The number of methoxy groups -OCH3 is 1. The van der Waals surface area contributed by atoms with Crippen molar-refractivity contribution < 1.29 is 4.74 Å². The summed E-state index contributed by atoms with van der Waals surface area (Å²) in [6.45, 7) is 10.9. The maximum atomic E-state index is 5.58. The van der Waals surface area contributed by atoms with E-state index >= 15 is 0 Å². The third-order valence-electron chi connectivity index (χ3n) is 3.45. The molecule has 1 aromatic carbocycles. The molecule has 0 saturated carbocycles. The van der Waals surface area contributed by atoms with E-state index in [2.05, 4.69) is 57.1 Å². The van der Waals surface area contributed by atoms with Crippen molar-refractivity contribution in [1.29, 1.82) is 0 Å². The maximum Gasteiger partial charge on any atom is 0.125 e. The van der Waals surface area contributed by atoms with E-state index in [0.717, 1.165) is 25.3 Å². The van der Waals surface area contributed by atoms with Crippen molar-refractivity contribution in [1.82, 2.24) is 5.32 Å². The van der Waals surface area contributed by atoms with Gasteiger partial charge in [-0.25, -0.2) is 0 Å². The molecule has 1 unspecified atom stereocenters. The van der Waals surface area contributed by atoms with Gasteiger partial charge in [0.1, 0.15) is 5.75 Å². The standard InChI is InChI=1S/C17H30N2O/c1-7-11-18-14(4)17-15(19(5)12-13(2)3)9-8-10-16(17)20-6/h8-10,13-14,18H,7,11-12H2,1-6H3. The molecule has 0 radical (unpaired) electrons. The van der Waals surface area contributed by atoms with Crippen LogP contribution < -0.4 is 15.0 Å². The lowest BCUT2D eigenvalue weighted by Crippen LogP contribution is -2.27. The molecule has 0 aliphatic heterocycles. The molecule has 114 valence electrons. The monoisotopic (exact) mass is 278 g/mol. The second kappa shape index (κ2) is 8.15. The predicted molar refractivity (Wildman–Crippen MR) is 87.8 cm³/mol. The molecule has 20 heavy (non-hydrogen) atoms. The van der Waals surface area contributed by atoms with E-state index in [1.807, 2.05) is 6.07 Å². The van der Waals surface area contributed by atoms with Crippen LogP contribution in [0, 0.1) is 5.92 Å². The smallest absolute Gasteiger partial charge is 0.125 e. The Kier molecular flexibility index (Phi) is 6.86. The van der Waals surface area contributed by atoms with Gasteiger partial charge in [-0.2, -0.15) is 0 Å². The Morgan fingerprint density at radius 1 is 1.25 bits per heavy atom. The van der Waals surface area contributed by atoms with E-state index in [-0.39, 0.29) is 6.04 Å². The van der Waals surface area contributed by atoms with E-state index in [1.54, 1.807) is 7.11 Å². The van der Waals surface area contributed by atoms with Gasteiger partial charge in [0.05, 0.1) is 7.11 Å². The first-order valence-corrected chi connectivity index (χ1v) is 7.62. The summed E-state index contributed by atoms with van der Waals surface area (Å²) in [5.74, 6) is 1.60. The number of hydrogen-bond acceptors (Lipinski definition) is 3. The van der Waals surface area contributed by atoms with Crippen molar-refractivity contribution >= 4 is 5.69 Å². The fourth-order valence-electron chi connectivity index (χ4n) is 2.59. The van der Waals surface area contributed by atoms with Gasteiger partial charge in [-0.15, -0.1) is 0 Å².